The van der Waals surface area contributed by atoms with Crippen LogP contribution in [0.15, 0.2) is 72.1 Å². The van der Waals surface area contributed by atoms with Gasteiger partial charge in [0, 0.05) is 38.3 Å². The fraction of sp³-hybridized carbons (Fsp3) is 0.407. The van der Waals surface area contributed by atoms with Gasteiger partial charge in [-0.1, -0.05) is 64.6 Å². The van der Waals surface area contributed by atoms with Crippen molar-refractivity contribution in [3.8, 4) is 0 Å². The Morgan fingerprint density at radius 2 is 1.57 bits per heavy atom. The molecule has 0 aliphatic carbocycles. The van der Waals surface area contributed by atoms with Crippen LogP contribution in [0.5, 0.6) is 0 Å². The molecule has 8 heteroatoms. The summed E-state index contributed by atoms with van der Waals surface area (Å²) in [6.07, 6.45) is 1.23. The van der Waals surface area contributed by atoms with Crippen LogP contribution in [-0.4, -0.2) is 55.6 Å². The van der Waals surface area contributed by atoms with Gasteiger partial charge < -0.3 is 10.2 Å². The van der Waals surface area contributed by atoms with E-state index in [1.807, 2.05) is 58.0 Å². The van der Waals surface area contributed by atoms with Crippen LogP contribution < -0.4 is 5.32 Å². The molecule has 0 bridgehead atoms. The van der Waals surface area contributed by atoms with Crippen molar-refractivity contribution in [2.75, 3.05) is 20.1 Å². The third-order valence-corrected chi connectivity index (χ3v) is 8.36. The van der Waals surface area contributed by atoms with Crippen LogP contribution in [0.2, 0.25) is 0 Å². The number of hydrogen-bond acceptors (Lipinski definition) is 4. The molecule has 1 N–H and O–H groups in total. The first-order valence-corrected chi connectivity index (χ1v) is 13.0. The second kappa shape index (κ2) is 9.95. The largest absolute Gasteiger partial charge is 0.349 e. The molecule has 1 aliphatic rings. The van der Waals surface area contributed by atoms with Gasteiger partial charge in [-0.25, -0.2) is 8.42 Å². The summed E-state index contributed by atoms with van der Waals surface area (Å²) in [5.74, 6) is -0.455. The number of carbonyl (C=O) groups is 2. The molecule has 7 nitrogen and oxygen atoms in total. The third kappa shape index (κ3) is 5.82. The highest BCUT2D eigenvalue weighted by Crippen LogP contribution is 2.42. The first-order chi connectivity index (χ1) is 16.3. The van der Waals surface area contributed by atoms with Crippen molar-refractivity contribution in [2.45, 2.75) is 45.2 Å². The maximum absolute atomic E-state index is 13.5. The van der Waals surface area contributed by atoms with Crippen LogP contribution in [0, 0.1) is 10.8 Å². The van der Waals surface area contributed by atoms with Gasteiger partial charge in [-0.15, -0.1) is 0 Å². The van der Waals surface area contributed by atoms with Crippen LogP contribution in [0.3, 0.4) is 0 Å². The average Bonchev–Trinajstić information content (AvgIpc) is 2.80. The standard InChI is InChI=1S/C27H35N3O4S/c1-7-23(31)28-25-26(2,3)18-30(19-27(25,4)5)35(33,34)22-15-13-21(14-16-22)24(32)29(6)17-20-11-9-8-10-12-20/h7-16,25H,1,17-19H2,2-6H3,(H,28,31). The fourth-order valence-electron chi connectivity index (χ4n) is 5.04. The summed E-state index contributed by atoms with van der Waals surface area (Å²) in [5.41, 5.74) is 0.418. The quantitative estimate of drug-likeness (QED) is 0.591. The topological polar surface area (TPSA) is 86.8 Å². The highest BCUT2D eigenvalue weighted by atomic mass is 32.2. The monoisotopic (exact) mass is 497 g/mol. The number of rotatable bonds is 7. The van der Waals surface area contributed by atoms with Crippen molar-refractivity contribution in [3.05, 3.63) is 78.4 Å². The van der Waals surface area contributed by atoms with Crippen LogP contribution in [0.1, 0.15) is 43.6 Å². The molecule has 1 aliphatic heterocycles. The number of amides is 2. The van der Waals surface area contributed by atoms with E-state index in [0.717, 1.165) is 5.56 Å². The third-order valence-electron chi connectivity index (χ3n) is 6.55. The van der Waals surface area contributed by atoms with Gasteiger partial charge >= 0.3 is 0 Å². The van der Waals surface area contributed by atoms with Crippen molar-refractivity contribution in [1.29, 1.82) is 0 Å². The van der Waals surface area contributed by atoms with Gasteiger partial charge in [-0.2, -0.15) is 4.31 Å². The van der Waals surface area contributed by atoms with E-state index < -0.39 is 20.9 Å². The van der Waals surface area contributed by atoms with E-state index in [9.17, 15) is 18.0 Å². The lowest BCUT2D eigenvalue weighted by Crippen LogP contribution is -2.64. The van der Waals surface area contributed by atoms with Crippen molar-refractivity contribution in [1.82, 2.24) is 14.5 Å². The number of sulfonamides is 1. The summed E-state index contributed by atoms with van der Waals surface area (Å²) in [6.45, 7) is 12.3. The summed E-state index contributed by atoms with van der Waals surface area (Å²) >= 11 is 0. The molecule has 0 aromatic heterocycles. The minimum atomic E-state index is -3.80. The molecule has 1 saturated heterocycles. The van der Waals surface area contributed by atoms with Gasteiger partial charge in [0.2, 0.25) is 15.9 Å². The molecule has 1 heterocycles. The van der Waals surface area contributed by atoms with Crippen molar-refractivity contribution in [3.63, 3.8) is 0 Å². The predicted octanol–water partition coefficient (Wildman–Crippen LogP) is 3.69. The van der Waals surface area contributed by atoms with Crippen LogP contribution in [0.25, 0.3) is 0 Å². The Labute approximate surface area is 208 Å². The first-order valence-electron chi connectivity index (χ1n) is 11.6. The molecule has 2 aromatic rings. The number of carbonyl (C=O) groups excluding carboxylic acids is 2. The van der Waals surface area contributed by atoms with E-state index >= 15 is 0 Å². The first kappa shape index (κ1) is 26.6. The molecular formula is C27H35N3O4S. The molecule has 1 fully saturated rings. The lowest BCUT2D eigenvalue weighted by atomic mass is 9.67. The Balaban J connectivity index is 1.78. The van der Waals surface area contributed by atoms with E-state index in [0.29, 0.717) is 12.1 Å². The predicted molar refractivity (Wildman–Crippen MR) is 137 cm³/mol. The molecule has 35 heavy (non-hydrogen) atoms. The Bertz CT molecular complexity index is 1170. The summed E-state index contributed by atoms with van der Waals surface area (Å²) < 4.78 is 28.5. The van der Waals surface area contributed by atoms with Gasteiger partial charge in [0.05, 0.1) is 4.90 Å². The smallest absolute Gasteiger partial charge is 0.253 e. The second-order valence-electron chi connectivity index (χ2n) is 10.6. The molecule has 2 aromatic carbocycles. The minimum absolute atomic E-state index is 0.139. The van der Waals surface area contributed by atoms with E-state index in [4.69, 9.17) is 0 Å². The van der Waals surface area contributed by atoms with Gasteiger partial charge in [0.1, 0.15) is 0 Å². The Morgan fingerprint density at radius 3 is 2.09 bits per heavy atom. The summed E-state index contributed by atoms with van der Waals surface area (Å²) in [6, 6.07) is 15.5. The average molecular weight is 498 g/mol. The van der Waals surface area contributed by atoms with Crippen LogP contribution in [-0.2, 0) is 21.4 Å². The highest BCUT2D eigenvalue weighted by molar-refractivity contribution is 7.89. The van der Waals surface area contributed by atoms with Gasteiger partial charge in [-0.05, 0) is 46.7 Å². The lowest BCUT2D eigenvalue weighted by molar-refractivity contribution is -0.120. The molecule has 0 saturated carbocycles. The molecule has 0 radical (unpaired) electrons. The fourth-order valence-corrected chi connectivity index (χ4v) is 6.82. The maximum atomic E-state index is 13.5. The van der Waals surface area contributed by atoms with Crippen molar-refractivity contribution < 1.29 is 18.0 Å². The summed E-state index contributed by atoms with van der Waals surface area (Å²) in [4.78, 5) is 26.6. The molecule has 3 rings (SSSR count). The molecule has 0 unspecified atom stereocenters. The minimum Gasteiger partial charge on any atom is -0.349 e. The zero-order chi connectivity index (χ0) is 26.0. The second-order valence-corrected chi connectivity index (χ2v) is 12.5. The molecule has 0 atom stereocenters. The summed E-state index contributed by atoms with van der Waals surface area (Å²) in [7, 11) is -2.08. The Morgan fingerprint density at radius 1 is 1.03 bits per heavy atom. The van der Waals surface area contributed by atoms with Crippen LogP contribution in [0.4, 0.5) is 0 Å². The normalized spacial score (nSPS) is 18.0. The lowest BCUT2D eigenvalue weighted by Gasteiger charge is -2.52. The number of piperidine rings is 1. The summed E-state index contributed by atoms with van der Waals surface area (Å²) in [5, 5.41) is 2.99. The van der Waals surface area contributed by atoms with Gasteiger partial charge in [-0.3, -0.25) is 9.59 Å². The zero-order valence-corrected chi connectivity index (χ0v) is 21.9. The van der Waals surface area contributed by atoms with Gasteiger partial charge in [0.25, 0.3) is 5.91 Å². The zero-order valence-electron chi connectivity index (χ0n) is 21.1. The van der Waals surface area contributed by atoms with E-state index in [1.165, 1.54) is 22.5 Å². The number of nitrogens with zero attached hydrogens (tertiary/aromatic N) is 2. The SMILES string of the molecule is C=CC(=O)NC1C(C)(C)CN(S(=O)(=O)c2ccc(C(=O)N(C)Cc3ccccc3)cc2)CC1(C)C. The highest BCUT2D eigenvalue weighted by Gasteiger charge is 2.50. The Hall–Kier alpha value is -2.97. The molecule has 2 amide bonds. The van der Waals surface area contributed by atoms with Crippen molar-refractivity contribution >= 4 is 21.8 Å². The van der Waals surface area contributed by atoms with E-state index in [1.54, 1.807) is 24.1 Å². The Kier molecular flexibility index (Phi) is 7.57. The number of nitrogens with one attached hydrogen (secondary N) is 1. The molecule has 0 spiro atoms. The van der Waals surface area contributed by atoms with Gasteiger partial charge in [0.15, 0.2) is 0 Å². The molecule has 188 valence electrons. The maximum Gasteiger partial charge on any atom is 0.253 e. The van der Waals surface area contributed by atoms with Crippen molar-refractivity contribution in [2.24, 2.45) is 10.8 Å². The van der Waals surface area contributed by atoms with Crippen LogP contribution >= 0.6 is 0 Å². The van der Waals surface area contributed by atoms with E-state index in [-0.39, 0.29) is 35.8 Å². The number of benzene rings is 2. The molecular weight excluding hydrogens is 462 g/mol. The van der Waals surface area contributed by atoms with E-state index in [2.05, 4.69) is 11.9 Å². The number of hydrogen-bond donors (Lipinski definition) is 1.